The number of carbonyl (C=O) groups excluding carboxylic acids is 2. The number of aromatic nitrogens is 2. The van der Waals surface area contributed by atoms with Crippen LogP contribution in [0.25, 0.3) is 0 Å². The third-order valence-corrected chi connectivity index (χ3v) is 3.52. The van der Waals surface area contributed by atoms with Gasteiger partial charge in [0.25, 0.3) is 0 Å². The topological polar surface area (TPSA) is 96.0 Å². The Hall–Kier alpha value is -2.83. The Balaban J connectivity index is 1.97. The number of benzene rings is 1. The van der Waals surface area contributed by atoms with E-state index in [0.29, 0.717) is 17.9 Å². The summed E-state index contributed by atoms with van der Waals surface area (Å²) in [6, 6.07) is 6.89. The summed E-state index contributed by atoms with van der Waals surface area (Å²) in [5, 5.41) is 5.41. The molecule has 0 atom stereocenters. The Morgan fingerprint density at radius 3 is 2.39 bits per heavy atom. The molecule has 0 bridgehead atoms. The number of rotatable bonds is 5. The van der Waals surface area contributed by atoms with E-state index in [1.165, 1.54) is 6.92 Å². The van der Waals surface area contributed by atoms with Gasteiger partial charge in [0.2, 0.25) is 11.8 Å². The number of H-pyrrole nitrogens is 1. The maximum absolute atomic E-state index is 12.0. The molecule has 0 radical (unpaired) electrons. The van der Waals surface area contributed by atoms with Crippen molar-refractivity contribution in [2.75, 3.05) is 10.6 Å². The molecule has 23 heavy (non-hydrogen) atoms. The van der Waals surface area contributed by atoms with Crippen LogP contribution in [0.1, 0.15) is 24.7 Å². The summed E-state index contributed by atoms with van der Waals surface area (Å²) in [6.45, 7) is 5.39. The second-order valence-corrected chi connectivity index (χ2v) is 5.35. The minimum atomic E-state index is -0.208. The Labute approximate surface area is 133 Å². The van der Waals surface area contributed by atoms with E-state index in [1.54, 1.807) is 28.8 Å². The molecule has 1 aromatic carbocycles. The highest BCUT2D eigenvalue weighted by Crippen LogP contribution is 2.15. The molecule has 1 aromatic heterocycles. The Kier molecular flexibility index (Phi) is 5.00. The standard InChI is InChI=1S/C16H20N4O3/c1-10-11(2)20(16(23)17-10)8-7-15(22)19-14-6-4-5-13(9-14)18-12(3)21/h4-6,9H,7-8H2,1-3H3,(H,17,23)(H,18,21)(H,19,22). The van der Waals surface area contributed by atoms with E-state index in [0.717, 1.165) is 11.4 Å². The molecule has 2 aromatic rings. The van der Waals surface area contributed by atoms with Crippen LogP contribution in [-0.2, 0) is 16.1 Å². The molecule has 7 nitrogen and oxygen atoms in total. The normalized spacial score (nSPS) is 10.4. The van der Waals surface area contributed by atoms with Crippen molar-refractivity contribution in [3.63, 3.8) is 0 Å². The molecule has 122 valence electrons. The molecule has 0 aliphatic carbocycles. The van der Waals surface area contributed by atoms with Gasteiger partial charge >= 0.3 is 5.69 Å². The van der Waals surface area contributed by atoms with Crippen LogP contribution < -0.4 is 16.3 Å². The highest BCUT2D eigenvalue weighted by molar-refractivity contribution is 5.93. The van der Waals surface area contributed by atoms with Gasteiger partial charge in [-0.2, -0.15) is 0 Å². The zero-order valence-electron chi connectivity index (χ0n) is 13.4. The van der Waals surface area contributed by atoms with E-state index in [-0.39, 0.29) is 23.9 Å². The van der Waals surface area contributed by atoms with Crippen molar-refractivity contribution in [3.8, 4) is 0 Å². The quantitative estimate of drug-likeness (QED) is 0.784. The highest BCUT2D eigenvalue weighted by Gasteiger charge is 2.09. The number of carbonyl (C=O) groups is 2. The molecule has 3 N–H and O–H groups in total. The van der Waals surface area contributed by atoms with Crippen LogP contribution in [0.3, 0.4) is 0 Å². The summed E-state index contributed by atoms with van der Waals surface area (Å²) in [4.78, 5) is 37.5. The predicted octanol–water partition coefficient (Wildman–Crippen LogP) is 1.78. The number of hydrogen-bond acceptors (Lipinski definition) is 3. The minimum absolute atomic E-state index is 0.175. The van der Waals surface area contributed by atoms with Crippen molar-refractivity contribution < 1.29 is 9.59 Å². The molecule has 0 unspecified atom stereocenters. The van der Waals surface area contributed by atoms with Crippen LogP contribution in [0.15, 0.2) is 29.1 Å². The van der Waals surface area contributed by atoms with Gasteiger partial charge in [-0.25, -0.2) is 4.79 Å². The van der Waals surface area contributed by atoms with Crippen LogP contribution in [-0.4, -0.2) is 21.4 Å². The van der Waals surface area contributed by atoms with Gasteiger partial charge in [-0.05, 0) is 32.0 Å². The largest absolute Gasteiger partial charge is 0.326 e. The summed E-state index contributed by atoms with van der Waals surface area (Å²) in [7, 11) is 0. The van der Waals surface area contributed by atoms with Gasteiger partial charge in [-0.3, -0.25) is 14.2 Å². The summed E-state index contributed by atoms with van der Waals surface area (Å²) in [5.41, 5.74) is 2.63. The van der Waals surface area contributed by atoms with Crippen LogP contribution in [0.4, 0.5) is 11.4 Å². The molecule has 0 spiro atoms. The zero-order valence-corrected chi connectivity index (χ0v) is 13.4. The average molecular weight is 316 g/mol. The molecule has 0 saturated heterocycles. The predicted molar refractivity (Wildman–Crippen MR) is 88.5 cm³/mol. The maximum Gasteiger partial charge on any atom is 0.325 e. The Bertz CT molecular complexity index is 789. The molecule has 0 aliphatic rings. The number of anilines is 2. The third kappa shape index (κ3) is 4.32. The van der Waals surface area contributed by atoms with Crippen molar-refractivity contribution in [2.24, 2.45) is 0 Å². The molecule has 1 heterocycles. The van der Waals surface area contributed by atoms with Crippen molar-refractivity contribution >= 4 is 23.2 Å². The highest BCUT2D eigenvalue weighted by atomic mass is 16.2. The number of aryl methyl sites for hydroxylation is 1. The number of aromatic amines is 1. The maximum atomic E-state index is 12.0. The molecule has 0 saturated carbocycles. The van der Waals surface area contributed by atoms with Gasteiger partial charge in [0.05, 0.1) is 0 Å². The lowest BCUT2D eigenvalue weighted by Crippen LogP contribution is -2.22. The van der Waals surface area contributed by atoms with Crippen molar-refractivity contribution in [2.45, 2.75) is 33.7 Å². The number of nitrogens with zero attached hydrogens (tertiary/aromatic N) is 1. The van der Waals surface area contributed by atoms with Gasteiger partial charge in [-0.15, -0.1) is 0 Å². The van der Waals surface area contributed by atoms with E-state index in [4.69, 9.17) is 0 Å². The van der Waals surface area contributed by atoms with E-state index < -0.39 is 0 Å². The number of nitrogens with one attached hydrogen (secondary N) is 3. The lowest BCUT2D eigenvalue weighted by molar-refractivity contribution is -0.116. The number of hydrogen-bond donors (Lipinski definition) is 3. The SMILES string of the molecule is CC(=O)Nc1cccc(NC(=O)CCn2c(C)c(C)[nH]c2=O)c1. The van der Waals surface area contributed by atoms with Crippen molar-refractivity contribution in [3.05, 3.63) is 46.1 Å². The molecule has 0 aliphatic heterocycles. The minimum Gasteiger partial charge on any atom is -0.326 e. The molecular formula is C16H20N4O3. The summed E-state index contributed by atoms with van der Waals surface area (Å²) >= 11 is 0. The third-order valence-electron chi connectivity index (χ3n) is 3.52. The first kappa shape index (κ1) is 16.5. The monoisotopic (exact) mass is 316 g/mol. The van der Waals surface area contributed by atoms with Gasteiger partial charge in [0.1, 0.15) is 0 Å². The summed E-state index contributed by atoms with van der Waals surface area (Å²) in [5.74, 6) is -0.374. The first-order chi connectivity index (χ1) is 10.9. The van der Waals surface area contributed by atoms with E-state index >= 15 is 0 Å². The van der Waals surface area contributed by atoms with Crippen LogP contribution in [0.2, 0.25) is 0 Å². The molecule has 2 amide bonds. The van der Waals surface area contributed by atoms with Gasteiger partial charge in [-0.1, -0.05) is 6.07 Å². The van der Waals surface area contributed by atoms with E-state index in [9.17, 15) is 14.4 Å². The fourth-order valence-electron chi connectivity index (χ4n) is 2.26. The molecule has 2 rings (SSSR count). The summed E-state index contributed by atoms with van der Waals surface area (Å²) < 4.78 is 1.54. The van der Waals surface area contributed by atoms with Crippen molar-refractivity contribution in [1.82, 2.24) is 9.55 Å². The van der Waals surface area contributed by atoms with Gasteiger partial charge in [0.15, 0.2) is 0 Å². The second-order valence-electron chi connectivity index (χ2n) is 5.35. The number of imidazole rings is 1. The Morgan fingerprint density at radius 1 is 1.17 bits per heavy atom. The van der Waals surface area contributed by atoms with Crippen molar-refractivity contribution in [1.29, 1.82) is 0 Å². The first-order valence-electron chi connectivity index (χ1n) is 7.30. The van der Waals surface area contributed by atoms with Gasteiger partial charge in [0, 0.05) is 42.7 Å². The van der Waals surface area contributed by atoms with Crippen LogP contribution in [0.5, 0.6) is 0 Å². The molecule has 0 fully saturated rings. The lowest BCUT2D eigenvalue weighted by atomic mass is 10.2. The second kappa shape index (κ2) is 6.95. The smallest absolute Gasteiger partial charge is 0.325 e. The first-order valence-corrected chi connectivity index (χ1v) is 7.30. The van der Waals surface area contributed by atoms with Crippen LogP contribution >= 0.6 is 0 Å². The fourth-order valence-corrected chi connectivity index (χ4v) is 2.26. The average Bonchev–Trinajstić information content (AvgIpc) is 2.70. The van der Waals surface area contributed by atoms with Crippen LogP contribution in [0, 0.1) is 13.8 Å². The Morgan fingerprint density at radius 2 is 1.83 bits per heavy atom. The van der Waals surface area contributed by atoms with E-state index in [2.05, 4.69) is 15.6 Å². The number of amides is 2. The molecular weight excluding hydrogens is 296 g/mol. The zero-order chi connectivity index (χ0) is 17.0. The van der Waals surface area contributed by atoms with Gasteiger partial charge < -0.3 is 15.6 Å². The fraction of sp³-hybridized carbons (Fsp3) is 0.312. The van der Waals surface area contributed by atoms with E-state index in [1.807, 2.05) is 13.8 Å². The summed E-state index contributed by atoms with van der Waals surface area (Å²) in [6.07, 6.45) is 0.183. The lowest BCUT2D eigenvalue weighted by Gasteiger charge is -2.08. The molecule has 7 heteroatoms.